The lowest BCUT2D eigenvalue weighted by atomic mass is 9.88. The largest absolute Gasteiger partial charge is 0.387 e. The van der Waals surface area contributed by atoms with E-state index < -0.39 is 5.60 Å². The number of likely N-dealkylation sites (tertiary alicyclic amines) is 1. The van der Waals surface area contributed by atoms with Crippen LogP contribution in [-0.2, 0) is 16.1 Å². The molecule has 0 unspecified atom stereocenters. The Hall–Kier alpha value is -1.39. The van der Waals surface area contributed by atoms with Crippen molar-refractivity contribution in [2.24, 2.45) is 11.8 Å². The van der Waals surface area contributed by atoms with Gasteiger partial charge in [-0.15, -0.1) is 0 Å². The summed E-state index contributed by atoms with van der Waals surface area (Å²) in [7, 11) is 0. The Labute approximate surface area is 125 Å². The number of hydrogen-bond donors (Lipinski definition) is 1. The molecule has 0 aromatic heterocycles. The average Bonchev–Trinajstić information content (AvgIpc) is 3.28. The molecule has 2 aliphatic rings. The van der Waals surface area contributed by atoms with Gasteiger partial charge in [-0.3, -0.25) is 4.79 Å². The lowest BCUT2D eigenvalue weighted by molar-refractivity contribution is -0.136. The van der Waals surface area contributed by atoms with Crippen LogP contribution in [0.2, 0.25) is 0 Å². The predicted molar refractivity (Wildman–Crippen MR) is 79.5 cm³/mol. The maximum absolute atomic E-state index is 12.2. The second kappa shape index (κ2) is 5.78. The number of rotatable bonds is 5. The number of benzene rings is 1. The standard InChI is InChI=1S/C17H23NO3/c1-13-9-18(12-17(13,20)15-7-8-15)16(19)11-21-10-14-5-3-2-4-6-14/h2-6,13,15,20H,7-12H2,1H3/t13-,17+/m0/s1. The predicted octanol–water partition coefficient (Wildman–Crippen LogP) is 1.82. The van der Waals surface area contributed by atoms with Gasteiger partial charge in [0.2, 0.25) is 5.91 Å². The van der Waals surface area contributed by atoms with Gasteiger partial charge in [0.1, 0.15) is 6.61 Å². The Morgan fingerprint density at radius 1 is 1.38 bits per heavy atom. The molecule has 1 aromatic rings. The summed E-state index contributed by atoms with van der Waals surface area (Å²) in [6, 6.07) is 9.83. The maximum atomic E-state index is 12.2. The van der Waals surface area contributed by atoms with E-state index in [1.54, 1.807) is 4.90 Å². The highest BCUT2D eigenvalue weighted by Gasteiger charge is 2.53. The summed E-state index contributed by atoms with van der Waals surface area (Å²) < 4.78 is 5.50. The molecule has 1 aromatic carbocycles. The van der Waals surface area contributed by atoms with E-state index in [2.05, 4.69) is 0 Å². The zero-order chi connectivity index (χ0) is 14.9. The molecule has 1 saturated carbocycles. The van der Waals surface area contributed by atoms with Crippen LogP contribution < -0.4 is 0 Å². The first kappa shape index (κ1) is 14.5. The van der Waals surface area contributed by atoms with E-state index in [1.165, 1.54) is 0 Å². The molecule has 0 radical (unpaired) electrons. The molecule has 1 aliphatic carbocycles. The molecule has 0 spiro atoms. The number of carbonyl (C=O) groups excluding carboxylic acids is 1. The molecule has 4 nitrogen and oxygen atoms in total. The molecule has 1 N–H and O–H groups in total. The lowest BCUT2D eigenvalue weighted by Crippen LogP contribution is -2.41. The highest BCUT2D eigenvalue weighted by Crippen LogP contribution is 2.46. The highest BCUT2D eigenvalue weighted by molar-refractivity contribution is 5.78. The van der Waals surface area contributed by atoms with E-state index in [0.717, 1.165) is 18.4 Å². The van der Waals surface area contributed by atoms with Crippen molar-refractivity contribution in [3.05, 3.63) is 35.9 Å². The van der Waals surface area contributed by atoms with Crippen LogP contribution in [-0.4, -0.2) is 41.2 Å². The maximum Gasteiger partial charge on any atom is 0.248 e. The molecule has 3 rings (SSSR count). The minimum absolute atomic E-state index is 0.0191. The Morgan fingerprint density at radius 2 is 2.10 bits per heavy atom. The summed E-state index contributed by atoms with van der Waals surface area (Å²) in [6.45, 7) is 3.68. The van der Waals surface area contributed by atoms with E-state index >= 15 is 0 Å². The first-order valence-corrected chi connectivity index (χ1v) is 7.71. The van der Waals surface area contributed by atoms with Gasteiger partial charge in [0.05, 0.1) is 18.8 Å². The van der Waals surface area contributed by atoms with Gasteiger partial charge >= 0.3 is 0 Å². The topological polar surface area (TPSA) is 49.8 Å². The van der Waals surface area contributed by atoms with Gasteiger partial charge in [0.15, 0.2) is 0 Å². The first-order valence-electron chi connectivity index (χ1n) is 7.71. The number of aliphatic hydroxyl groups is 1. The summed E-state index contributed by atoms with van der Waals surface area (Å²) in [5.41, 5.74) is 0.393. The fraction of sp³-hybridized carbons (Fsp3) is 0.588. The molecule has 2 atom stereocenters. The number of amides is 1. The number of hydrogen-bond acceptors (Lipinski definition) is 3. The number of β-amino-alcohol motifs (C(OH)–C–C–N with tert-alkyl or cyclic N) is 1. The summed E-state index contributed by atoms with van der Waals surface area (Å²) in [4.78, 5) is 14.0. The minimum Gasteiger partial charge on any atom is -0.387 e. The van der Waals surface area contributed by atoms with Gasteiger partial charge in [0.25, 0.3) is 0 Å². The van der Waals surface area contributed by atoms with Crippen molar-refractivity contribution in [1.82, 2.24) is 4.90 Å². The highest BCUT2D eigenvalue weighted by atomic mass is 16.5. The van der Waals surface area contributed by atoms with Gasteiger partial charge in [-0.2, -0.15) is 0 Å². The van der Waals surface area contributed by atoms with Crippen molar-refractivity contribution < 1.29 is 14.6 Å². The number of carbonyl (C=O) groups is 1. The van der Waals surface area contributed by atoms with Crippen LogP contribution in [0.1, 0.15) is 25.3 Å². The molecule has 0 bridgehead atoms. The molecule has 1 amide bonds. The average molecular weight is 289 g/mol. The third-order valence-corrected chi connectivity index (χ3v) is 4.77. The smallest absolute Gasteiger partial charge is 0.248 e. The van der Waals surface area contributed by atoms with E-state index in [9.17, 15) is 9.90 Å². The normalized spacial score (nSPS) is 28.9. The van der Waals surface area contributed by atoms with Gasteiger partial charge in [0, 0.05) is 12.5 Å². The van der Waals surface area contributed by atoms with Crippen molar-refractivity contribution >= 4 is 5.91 Å². The first-order chi connectivity index (χ1) is 10.1. The van der Waals surface area contributed by atoms with Crippen molar-refractivity contribution in [1.29, 1.82) is 0 Å². The SMILES string of the molecule is C[C@H]1CN(C(=O)COCc2ccccc2)C[C@]1(O)C1CC1. The van der Waals surface area contributed by atoms with Crippen LogP contribution >= 0.6 is 0 Å². The molecule has 1 heterocycles. The van der Waals surface area contributed by atoms with Crippen molar-refractivity contribution in [3.63, 3.8) is 0 Å². The molecule has 1 aliphatic heterocycles. The third-order valence-electron chi connectivity index (χ3n) is 4.77. The molecule has 2 fully saturated rings. The molecule has 114 valence electrons. The number of ether oxygens (including phenoxy) is 1. The Kier molecular flexibility index (Phi) is 4.00. The molecule has 4 heteroatoms. The van der Waals surface area contributed by atoms with Crippen molar-refractivity contribution in [3.8, 4) is 0 Å². The fourth-order valence-corrected chi connectivity index (χ4v) is 3.24. The third kappa shape index (κ3) is 3.11. The Balaban J connectivity index is 1.48. The van der Waals surface area contributed by atoms with Crippen LogP contribution in [0.15, 0.2) is 30.3 Å². The van der Waals surface area contributed by atoms with E-state index in [0.29, 0.717) is 25.6 Å². The zero-order valence-electron chi connectivity index (χ0n) is 12.5. The van der Waals surface area contributed by atoms with E-state index in [-0.39, 0.29) is 18.4 Å². The van der Waals surface area contributed by atoms with Gasteiger partial charge in [-0.05, 0) is 24.3 Å². The van der Waals surface area contributed by atoms with Gasteiger partial charge in [-0.25, -0.2) is 0 Å². The Morgan fingerprint density at radius 3 is 2.76 bits per heavy atom. The Bertz CT molecular complexity index is 500. The van der Waals surface area contributed by atoms with Gasteiger partial charge < -0.3 is 14.7 Å². The van der Waals surface area contributed by atoms with Crippen LogP contribution in [0.4, 0.5) is 0 Å². The van der Waals surface area contributed by atoms with Crippen LogP contribution in [0.5, 0.6) is 0 Å². The monoisotopic (exact) mass is 289 g/mol. The van der Waals surface area contributed by atoms with Crippen LogP contribution in [0, 0.1) is 11.8 Å². The summed E-state index contributed by atoms with van der Waals surface area (Å²) >= 11 is 0. The lowest BCUT2D eigenvalue weighted by Gasteiger charge is -2.26. The summed E-state index contributed by atoms with van der Waals surface area (Å²) in [5.74, 6) is 0.521. The summed E-state index contributed by atoms with van der Waals surface area (Å²) in [6.07, 6.45) is 2.18. The quantitative estimate of drug-likeness (QED) is 0.899. The molecular formula is C17H23NO3. The summed E-state index contributed by atoms with van der Waals surface area (Å²) in [5, 5.41) is 10.7. The van der Waals surface area contributed by atoms with Crippen LogP contribution in [0.25, 0.3) is 0 Å². The zero-order valence-corrected chi connectivity index (χ0v) is 12.5. The number of nitrogens with zero attached hydrogens (tertiary/aromatic N) is 1. The van der Waals surface area contributed by atoms with E-state index in [1.807, 2.05) is 37.3 Å². The van der Waals surface area contributed by atoms with Crippen molar-refractivity contribution in [2.75, 3.05) is 19.7 Å². The van der Waals surface area contributed by atoms with Crippen molar-refractivity contribution in [2.45, 2.75) is 32.0 Å². The molecule has 21 heavy (non-hydrogen) atoms. The van der Waals surface area contributed by atoms with Crippen LogP contribution in [0.3, 0.4) is 0 Å². The molecular weight excluding hydrogens is 266 g/mol. The van der Waals surface area contributed by atoms with E-state index in [4.69, 9.17) is 4.74 Å². The second-order valence-electron chi connectivity index (χ2n) is 6.42. The minimum atomic E-state index is -0.672. The van der Waals surface area contributed by atoms with Gasteiger partial charge in [-0.1, -0.05) is 37.3 Å². The fourth-order valence-electron chi connectivity index (χ4n) is 3.24. The molecule has 1 saturated heterocycles. The second-order valence-corrected chi connectivity index (χ2v) is 6.42.